The lowest BCUT2D eigenvalue weighted by Gasteiger charge is -2.03. The Morgan fingerprint density at radius 3 is 1.50 bits per heavy atom. The van der Waals surface area contributed by atoms with Gasteiger partial charge in [0.15, 0.2) is 0 Å². The Morgan fingerprint density at radius 1 is 0.611 bits per heavy atom. The summed E-state index contributed by atoms with van der Waals surface area (Å²) in [6, 6.07) is 0. The van der Waals surface area contributed by atoms with Crippen LogP contribution in [0.4, 0.5) is 0 Å². The molecule has 0 saturated heterocycles. The summed E-state index contributed by atoms with van der Waals surface area (Å²) >= 11 is 0. The Kier molecular flexibility index (Phi) is 23.9. The first-order valence-corrected chi connectivity index (χ1v) is 15.8. The van der Waals surface area contributed by atoms with Gasteiger partial charge in [-0.2, -0.15) is 0 Å². The molecule has 0 radical (unpaired) electrons. The first kappa shape index (κ1) is 32.4. The zero-order valence-corrected chi connectivity index (χ0v) is 24.3. The van der Waals surface area contributed by atoms with Gasteiger partial charge in [-0.3, -0.25) is 4.98 Å². The highest BCUT2D eigenvalue weighted by Crippen LogP contribution is 2.12. The minimum atomic E-state index is 1.14. The fraction of sp³-hybridized carbons (Fsp3) is 0.812. The number of unbranched alkanes of at least 4 members (excludes halogenated alkanes) is 20. The number of aromatic amines is 1. The zero-order valence-electron chi connectivity index (χ0n) is 24.3. The largest absolute Gasteiger partial charge is 0.337 e. The maximum absolute atomic E-state index is 4.05. The Labute approximate surface area is 224 Å². The van der Waals surface area contributed by atoms with Crippen LogP contribution in [0.3, 0.4) is 0 Å². The highest BCUT2D eigenvalue weighted by molar-refractivity contribution is 4.73. The lowest BCUT2D eigenvalue weighted by atomic mass is 10.1. The van der Waals surface area contributed by atoms with E-state index in [-0.39, 0.29) is 0 Å². The van der Waals surface area contributed by atoms with Crippen LogP contribution in [0, 0.1) is 0 Å². The van der Waals surface area contributed by atoms with Crippen molar-refractivity contribution in [3.63, 3.8) is 0 Å². The van der Waals surface area contributed by atoms with Crippen LogP contribution in [0.5, 0.6) is 0 Å². The van der Waals surface area contributed by atoms with Crippen molar-refractivity contribution in [3.05, 3.63) is 37.4 Å². The molecule has 0 aliphatic carbocycles. The van der Waals surface area contributed by atoms with Crippen molar-refractivity contribution in [2.45, 2.75) is 168 Å². The van der Waals surface area contributed by atoms with Crippen LogP contribution in [-0.2, 0) is 13.1 Å². The number of imidazole rings is 2. The van der Waals surface area contributed by atoms with E-state index in [9.17, 15) is 0 Å². The molecule has 0 fully saturated rings. The fourth-order valence-corrected chi connectivity index (χ4v) is 4.80. The van der Waals surface area contributed by atoms with E-state index in [0.717, 1.165) is 6.54 Å². The molecular weight excluding hydrogens is 440 g/mol. The van der Waals surface area contributed by atoms with Crippen molar-refractivity contribution < 1.29 is 4.57 Å². The number of aryl methyl sites for hydroxylation is 2. The minimum absolute atomic E-state index is 1.14. The van der Waals surface area contributed by atoms with Gasteiger partial charge in [-0.25, -0.2) is 9.55 Å². The summed E-state index contributed by atoms with van der Waals surface area (Å²) in [4.78, 5) is 7.14. The predicted molar refractivity (Wildman–Crippen MR) is 156 cm³/mol. The molecular formula is C32H61N4+. The molecule has 4 heteroatoms. The molecule has 2 aromatic rings. The molecule has 2 rings (SSSR count). The van der Waals surface area contributed by atoms with Gasteiger partial charge in [-0.05, 0) is 19.3 Å². The van der Waals surface area contributed by atoms with Crippen LogP contribution >= 0.6 is 0 Å². The monoisotopic (exact) mass is 501 g/mol. The maximum Gasteiger partial charge on any atom is 0.241 e. The Balaban J connectivity index is 0.000000362. The van der Waals surface area contributed by atoms with E-state index in [4.69, 9.17) is 0 Å². The van der Waals surface area contributed by atoms with Gasteiger partial charge in [0.25, 0.3) is 0 Å². The Morgan fingerprint density at radius 2 is 1.08 bits per heavy atom. The number of hydrogen-bond acceptors (Lipinski definition) is 1. The van der Waals surface area contributed by atoms with Crippen LogP contribution in [0.25, 0.3) is 0 Å². The molecule has 1 N–H and O–H groups in total. The van der Waals surface area contributed by atoms with Crippen molar-refractivity contribution in [3.8, 4) is 0 Å². The SMILES string of the molecule is CCCCCCCCCCCCCC[n+]1cc[nH]c1.CCCCCCCCCCCCn1ccnc1. The summed E-state index contributed by atoms with van der Waals surface area (Å²) in [5, 5.41) is 0. The molecule has 0 amide bonds. The molecule has 0 saturated carbocycles. The molecule has 2 aromatic heterocycles. The molecule has 4 nitrogen and oxygen atoms in total. The molecule has 2 heterocycles. The molecule has 0 aliphatic heterocycles. The van der Waals surface area contributed by atoms with Gasteiger partial charge in [0, 0.05) is 18.9 Å². The predicted octanol–water partition coefficient (Wildman–Crippen LogP) is 9.81. The van der Waals surface area contributed by atoms with Crippen LogP contribution in [-0.4, -0.2) is 14.5 Å². The van der Waals surface area contributed by atoms with Crippen molar-refractivity contribution in [2.24, 2.45) is 0 Å². The van der Waals surface area contributed by atoms with Crippen LogP contribution < -0.4 is 4.57 Å². The van der Waals surface area contributed by atoms with Gasteiger partial charge in [-0.1, -0.05) is 136 Å². The summed E-state index contributed by atoms with van der Waals surface area (Å²) < 4.78 is 4.40. The van der Waals surface area contributed by atoms with Crippen LogP contribution in [0.15, 0.2) is 37.4 Å². The number of nitrogens with zero attached hydrogens (tertiary/aromatic N) is 3. The molecule has 0 aliphatic rings. The van der Waals surface area contributed by atoms with Crippen LogP contribution in [0.1, 0.15) is 155 Å². The van der Waals surface area contributed by atoms with Crippen molar-refractivity contribution in [1.82, 2.24) is 14.5 Å². The molecule has 208 valence electrons. The van der Waals surface area contributed by atoms with E-state index in [2.05, 4.69) is 39.1 Å². The average molecular weight is 502 g/mol. The van der Waals surface area contributed by atoms with E-state index >= 15 is 0 Å². The van der Waals surface area contributed by atoms with Gasteiger partial charge < -0.3 is 4.57 Å². The standard InChI is InChI=1S/C17H32N2.C15H28N2/c1-2-3-4-5-6-7-8-9-10-11-12-13-15-19-16-14-18-17-19;1-2-3-4-5-6-7-8-9-10-11-13-17-14-12-16-15-17/h14,16-17H,2-13,15H2,1H3;12,14-15H,2-11,13H2,1H3/p+1. The number of nitrogens with one attached hydrogen (secondary N) is 1. The summed E-state index contributed by atoms with van der Waals surface area (Å²) in [5.74, 6) is 0. The van der Waals surface area contributed by atoms with Gasteiger partial charge in [0.2, 0.25) is 6.33 Å². The van der Waals surface area contributed by atoms with Crippen LogP contribution in [0.2, 0.25) is 0 Å². The molecule has 0 atom stereocenters. The van der Waals surface area contributed by atoms with Gasteiger partial charge in [-0.15, -0.1) is 0 Å². The first-order valence-electron chi connectivity index (χ1n) is 15.8. The summed E-state index contributed by atoms with van der Waals surface area (Å²) in [5.41, 5.74) is 0. The van der Waals surface area contributed by atoms with E-state index in [1.54, 1.807) is 0 Å². The Hall–Kier alpha value is -1.58. The third-order valence-electron chi connectivity index (χ3n) is 7.20. The second-order valence-electron chi connectivity index (χ2n) is 10.7. The fourth-order valence-electron chi connectivity index (χ4n) is 4.80. The minimum Gasteiger partial charge on any atom is -0.337 e. The number of H-pyrrole nitrogens is 1. The lowest BCUT2D eigenvalue weighted by molar-refractivity contribution is -0.696. The van der Waals surface area contributed by atoms with Gasteiger partial charge >= 0.3 is 0 Å². The smallest absolute Gasteiger partial charge is 0.241 e. The van der Waals surface area contributed by atoms with Gasteiger partial charge in [0.1, 0.15) is 12.4 Å². The second kappa shape index (κ2) is 26.5. The quantitative estimate of drug-likeness (QED) is 0.113. The third kappa shape index (κ3) is 21.7. The van der Waals surface area contributed by atoms with E-state index < -0.39 is 0 Å². The van der Waals surface area contributed by atoms with Crippen molar-refractivity contribution in [2.75, 3.05) is 0 Å². The summed E-state index contributed by atoms with van der Waals surface area (Å²) in [6.07, 6.45) is 43.1. The molecule has 36 heavy (non-hydrogen) atoms. The molecule has 0 spiro atoms. The van der Waals surface area contributed by atoms with E-state index in [1.807, 2.05) is 31.2 Å². The second-order valence-corrected chi connectivity index (χ2v) is 10.7. The van der Waals surface area contributed by atoms with E-state index in [1.165, 1.54) is 148 Å². The normalized spacial score (nSPS) is 10.9. The first-order chi connectivity index (χ1) is 17.9. The summed E-state index contributed by atoms with van der Waals surface area (Å²) in [6.45, 7) is 6.87. The zero-order chi connectivity index (χ0) is 25.8. The topological polar surface area (TPSA) is 37.5 Å². The highest BCUT2D eigenvalue weighted by atomic mass is 15.0. The lowest BCUT2D eigenvalue weighted by Crippen LogP contribution is -2.30. The number of rotatable bonds is 24. The highest BCUT2D eigenvalue weighted by Gasteiger charge is 1.97. The molecule has 0 unspecified atom stereocenters. The number of hydrogen-bond donors (Lipinski definition) is 1. The van der Waals surface area contributed by atoms with Crippen molar-refractivity contribution >= 4 is 0 Å². The maximum atomic E-state index is 4.05. The molecule has 0 bridgehead atoms. The Bertz CT molecular complexity index is 621. The molecule has 0 aromatic carbocycles. The third-order valence-corrected chi connectivity index (χ3v) is 7.20. The van der Waals surface area contributed by atoms with Crippen molar-refractivity contribution in [1.29, 1.82) is 0 Å². The van der Waals surface area contributed by atoms with Gasteiger partial charge in [0.05, 0.1) is 12.9 Å². The van der Waals surface area contributed by atoms with E-state index in [0.29, 0.717) is 0 Å². The summed E-state index contributed by atoms with van der Waals surface area (Å²) in [7, 11) is 0. The number of aromatic nitrogens is 4. The average Bonchev–Trinajstić information content (AvgIpc) is 3.61.